The third-order valence-electron chi connectivity index (χ3n) is 4.22. The Morgan fingerprint density at radius 1 is 1.08 bits per heavy atom. The van der Waals surface area contributed by atoms with Crippen molar-refractivity contribution >= 4 is 11.0 Å². The summed E-state index contributed by atoms with van der Waals surface area (Å²) < 4.78 is 56.2. The number of benzene rings is 2. The van der Waals surface area contributed by atoms with Gasteiger partial charge >= 0.3 is 6.18 Å². The van der Waals surface area contributed by atoms with E-state index in [-0.39, 0.29) is 6.54 Å². The summed E-state index contributed by atoms with van der Waals surface area (Å²) in [6.45, 7) is 3.67. The summed E-state index contributed by atoms with van der Waals surface area (Å²) >= 11 is 0. The molecule has 0 aliphatic carbocycles. The molecule has 1 unspecified atom stereocenters. The van der Waals surface area contributed by atoms with Crippen LogP contribution in [0.3, 0.4) is 0 Å². The van der Waals surface area contributed by atoms with Gasteiger partial charge < -0.3 is 9.67 Å². The summed E-state index contributed by atoms with van der Waals surface area (Å²) in [5.41, 5.74) is -2.13. The second kappa shape index (κ2) is 5.84. The number of rotatable bonds is 3. The quantitative estimate of drug-likeness (QED) is 0.714. The molecule has 25 heavy (non-hydrogen) atoms. The minimum absolute atomic E-state index is 0.189. The number of halogens is 4. The van der Waals surface area contributed by atoms with Gasteiger partial charge in [0.2, 0.25) is 5.60 Å². The van der Waals surface area contributed by atoms with E-state index in [1.54, 1.807) is 32.0 Å². The zero-order valence-corrected chi connectivity index (χ0v) is 13.6. The Balaban J connectivity index is 2.34. The highest BCUT2D eigenvalue weighted by Gasteiger charge is 2.59. The standard InChI is InChI=1S/C18H16F4N2O/c1-3-24-15-9-4-11(2)10-14(15)23-16(24)17(25,18(20,21)22)12-5-7-13(19)8-6-12/h4-10,25H,3H2,1-2H3. The third kappa shape index (κ3) is 2.68. The Morgan fingerprint density at radius 2 is 1.72 bits per heavy atom. The molecule has 1 N–H and O–H groups in total. The van der Waals surface area contributed by atoms with E-state index in [0.29, 0.717) is 11.0 Å². The van der Waals surface area contributed by atoms with Crippen LogP contribution in [0, 0.1) is 12.7 Å². The van der Waals surface area contributed by atoms with Crippen LogP contribution < -0.4 is 0 Å². The van der Waals surface area contributed by atoms with Gasteiger partial charge in [0.1, 0.15) is 5.82 Å². The molecule has 0 fully saturated rings. The lowest BCUT2D eigenvalue weighted by Gasteiger charge is -2.30. The van der Waals surface area contributed by atoms with Crippen LogP contribution >= 0.6 is 0 Å². The van der Waals surface area contributed by atoms with E-state index in [9.17, 15) is 22.7 Å². The SMILES string of the molecule is CCn1c(C(O)(c2ccc(F)cc2)C(F)(F)F)nc2cc(C)ccc21. The fourth-order valence-corrected chi connectivity index (χ4v) is 2.95. The zero-order valence-electron chi connectivity index (χ0n) is 13.6. The molecule has 132 valence electrons. The number of hydrogen-bond donors (Lipinski definition) is 1. The number of nitrogens with zero attached hydrogens (tertiary/aromatic N) is 2. The van der Waals surface area contributed by atoms with Gasteiger partial charge in [-0.25, -0.2) is 9.37 Å². The Hall–Kier alpha value is -2.41. The minimum Gasteiger partial charge on any atom is -0.370 e. The highest BCUT2D eigenvalue weighted by Crippen LogP contribution is 2.44. The predicted molar refractivity (Wildman–Crippen MR) is 85.6 cm³/mol. The Kier molecular flexibility index (Phi) is 4.07. The summed E-state index contributed by atoms with van der Waals surface area (Å²) in [7, 11) is 0. The molecule has 2 aromatic carbocycles. The van der Waals surface area contributed by atoms with E-state index >= 15 is 0 Å². The normalized spacial score (nSPS) is 14.7. The molecule has 3 nitrogen and oxygen atoms in total. The number of imidazole rings is 1. The Morgan fingerprint density at radius 3 is 2.28 bits per heavy atom. The van der Waals surface area contributed by atoms with Crippen LogP contribution in [0.15, 0.2) is 42.5 Å². The van der Waals surface area contributed by atoms with E-state index in [1.165, 1.54) is 4.57 Å². The fraction of sp³-hybridized carbons (Fsp3) is 0.278. The van der Waals surface area contributed by atoms with Gasteiger partial charge in [0.25, 0.3) is 0 Å². The van der Waals surface area contributed by atoms with Gasteiger partial charge in [-0.1, -0.05) is 18.2 Å². The van der Waals surface area contributed by atoms with Gasteiger partial charge in [-0.2, -0.15) is 13.2 Å². The van der Waals surface area contributed by atoms with E-state index in [0.717, 1.165) is 29.8 Å². The zero-order chi connectivity index (χ0) is 18.4. The van der Waals surface area contributed by atoms with Gasteiger partial charge in [-0.15, -0.1) is 0 Å². The second-order valence-electron chi connectivity index (χ2n) is 5.89. The first kappa shape index (κ1) is 17.4. The van der Waals surface area contributed by atoms with Crippen LogP contribution in [0.5, 0.6) is 0 Å². The van der Waals surface area contributed by atoms with E-state index in [1.807, 2.05) is 0 Å². The average Bonchev–Trinajstić information content (AvgIpc) is 2.91. The lowest BCUT2D eigenvalue weighted by Crippen LogP contribution is -2.45. The molecule has 3 rings (SSSR count). The molecule has 0 radical (unpaired) electrons. The van der Waals surface area contributed by atoms with Crippen molar-refractivity contribution in [1.82, 2.24) is 9.55 Å². The predicted octanol–water partition coefficient (Wildman–Crippen LogP) is 4.30. The van der Waals surface area contributed by atoms with Crippen molar-refractivity contribution in [2.75, 3.05) is 0 Å². The number of aromatic nitrogens is 2. The van der Waals surface area contributed by atoms with Crippen molar-refractivity contribution in [3.05, 3.63) is 65.2 Å². The highest BCUT2D eigenvalue weighted by atomic mass is 19.4. The number of hydrogen-bond acceptors (Lipinski definition) is 2. The molecule has 0 saturated heterocycles. The summed E-state index contributed by atoms with van der Waals surface area (Å²) in [6, 6.07) is 8.72. The van der Waals surface area contributed by atoms with Gasteiger partial charge in [0.15, 0.2) is 5.82 Å². The first-order chi connectivity index (χ1) is 11.7. The first-order valence-electron chi connectivity index (χ1n) is 7.71. The van der Waals surface area contributed by atoms with Gasteiger partial charge in [-0.3, -0.25) is 0 Å². The molecule has 0 bridgehead atoms. The van der Waals surface area contributed by atoms with Gasteiger partial charge in [-0.05, 0) is 43.7 Å². The van der Waals surface area contributed by atoms with Crippen molar-refractivity contribution in [1.29, 1.82) is 0 Å². The van der Waals surface area contributed by atoms with E-state index < -0.39 is 29.0 Å². The molecule has 1 heterocycles. The smallest absolute Gasteiger partial charge is 0.370 e. The van der Waals surface area contributed by atoms with Crippen LogP contribution in [0.2, 0.25) is 0 Å². The monoisotopic (exact) mass is 352 g/mol. The molecule has 3 aromatic rings. The van der Waals surface area contributed by atoms with Crippen LogP contribution in [0.4, 0.5) is 17.6 Å². The molecule has 0 amide bonds. The number of aliphatic hydroxyl groups is 1. The molecule has 0 aliphatic rings. The maximum atomic E-state index is 13.9. The Bertz CT molecular complexity index is 915. The van der Waals surface area contributed by atoms with Crippen LogP contribution in [0.1, 0.15) is 23.9 Å². The van der Waals surface area contributed by atoms with Crippen LogP contribution in [-0.2, 0) is 12.1 Å². The van der Waals surface area contributed by atoms with Crippen molar-refractivity contribution < 1.29 is 22.7 Å². The summed E-state index contributed by atoms with van der Waals surface area (Å²) in [6.07, 6.45) is -5.03. The van der Waals surface area contributed by atoms with E-state index in [2.05, 4.69) is 4.98 Å². The molecule has 0 saturated carbocycles. The summed E-state index contributed by atoms with van der Waals surface area (Å²) in [5.74, 6) is -1.22. The second-order valence-corrected chi connectivity index (χ2v) is 5.89. The fourth-order valence-electron chi connectivity index (χ4n) is 2.95. The molecular formula is C18H16F4N2O. The lowest BCUT2D eigenvalue weighted by molar-refractivity contribution is -0.252. The largest absolute Gasteiger partial charge is 0.428 e. The van der Waals surface area contributed by atoms with Crippen molar-refractivity contribution in [3.63, 3.8) is 0 Å². The molecule has 0 aliphatic heterocycles. The van der Waals surface area contributed by atoms with Crippen molar-refractivity contribution in [2.45, 2.75) is 32.2 Å². The van der Waals surface area contributed by atoms with Crippen molar-refractivity contribution in [2.24, 2.45) is 0 Å². The molecule has 1 aromatic heterocycles. The summed E-state index contributed by atoms with van der Waals surface area (Å²) in [4.78, 5) is 4.08. The highest BCUT2D eigenvalue weighted by molar-refractivity contribution is 5.77. The average molecular weight is 352 g/mol. The van der Waals surface area contributed by atoms with Crippen LogP contribution in [0.25, 0.3) is 11.0 Å². The third-order valence-corrected chi connectivity index (χ3v) is 4.22. The maximum Gasteiger partial charge on any atom is 0.428 e. The number of fused-ring (bicyclic) bond motifs is 1. The summed E-state index contributed by atoms with van der Waals surface area (Å²) in [5, 5.41) is 10.7. The topological polar surface area (TPSA) is 38.0 Å². The number of alkyl halides is 3. The molecule has 1 atom stereocenters. The molecular weight excluding hydrogens is 336 g/mol. The number of aryl methyl sites for hydroxylation is 2. The minimum atomic E-state index is -5.03. The van der Waals surface area contributed by atoms with Gasteiger partial charge in [0, 0.05) is 12.1 Å². The molecule has 0 spiro atoms. The molecule has 7 heteroatoms. The van der Waals surface area contributed by atoms with Gasteiger partial charge in [0.05, 0.1) is 11.0 Å². The maximum absolute atomic E-state index is 13.9. The first-order valence-corrected chi connectivity index (χ1v) is 7.71. The van der Waals surface area contributed by atoms with Crippen LogP contribution in [-0.4, -0.2) is 20.8 Å². The lowest BCUT2D eigenvalue weighted by atomic mass is 9.92. The Labute approximate surface area is 141 Å². The van der Waals surface area contributed by atoms with Crippen molar-refractivity contribution in [3.8, 4) is 0 Å². The van der Waals surface area contributed by atoms with E-state index in [4.69, 9.17) is 0 Å².